The van der Waals surface area contributed by atoms with Gasteiger partial charge in [0.1, 0.15) is 11.3 Å². The van der Waals surface area contributed by atoms with E-state index in [0.717, 1.165) is 12.1 Å². The van der Waals surface area contributed by atoms with Crippen LogP contribution in [0.15, 0.2) is 76.0 Å². The Hall–Kier alpha value is -3.26. The van der Waals surface area contributed by atoms with Crippen molar-refractivity contribution in [3.63, 3.8) is 0 Å². The van der Waals surface area contributed by atoms with Crippen molar-refractivity contribution in [3.8, 4) is 16.9 Å². The van der Waals surface area contributed by atoms with Gasteiger partial charge < -0.3 is 9.15 Å². The highest BCUT2D eigenvalue weighted by atomic mass is 35.5. The third-order valence-corrected chi connectivity index (χ3v) is 5.91. The molecule has 0 saturated carbocycles. The summed E-state index contributed by atoms with van der Waals surface area (Å²) in [6.07, 6.45) is -2.47. The molecule has 0 aliphatic heterocycles. The van der Waals surface area contributed by atoms with E-state index in [1.54, 1.807) is 12.1 Å². The van der Waals surface area contributed by atoms with Gasteiger partial charge in [-0.1, -0.05) is 59.1 Å². The Morgan fingerprint density at radius 1 is 0.914 bits per heavy atom. The molecular formula is C25H12Cl3F3O4. The van der Waals surface area contributed by atoms with Gasteiger partial charge in [-0.25, -0.2) is 4.79 Å². The molecule has 1 aromatic heterocycles. The Morgan fingerprint density at radius 3 is 2.34 bits per heavy atom. The van der Waals surface area contributed by atoms with Crippen molar-refractivity contribution in [2.75, 3.05) is 0 Å². The van der Waals surface area contributed by atoms with Crippen LogP contribution in [0.25, 0.3) is 28.2 Å². The van der Waals surface area contributed by atoms with Crippen molar-refractivity contribution in [2.24, 2.45) is 0 Å². The van der Waals surface area contributed by atoms with Gasteiger partial charge in [-0.2, -0.15) is 13.2 Å². The molecule has 0 aliphatic carbocycles. The number of ether oxygens (including phenoxy) is 1. The Morgan fingerprint density at radius 2 is 1.66 bits per heavy atom. The number of fused-ring (bicyclic) bond motifs is 1. The van der Waals surface area contributed by atoms with Gasteiger partial charge in [0.2, 0.25) is 11.2 Å². The molecule has 0 aliphatic rings. The molecule has 10 heteroatoms. The maximum absolute atomic E-state index is 13.8. The second-order valence-electron chi connectivity index (χ2n) is 7.20. The van der Waals surface area contributed by atoms with Gasteiger partial charge in [-0.3, -0.25) is 4.79 Å². The van der Waals surface area contributed by atoms with Crippen molar-refractivity contribution in [3.05, 3.63) is 103 Å². The highest BCUT2D eigenvalue weighted by molar-refractivity contribution is 6.42. The fourth-order valence-corrected chi connectivity index (χ4v) is 3.81. The molecule has 4 rings (SSSR count). The molecule has 0 bridgehead atoms. The van der Waals surface area contributed by atoms with Crippen LogP contribution >= 0.6 is 34.8 Å². The summed E-state index contributed by atoms with van der Waals surface area (Å²) < 4.78 is 51.7. The molecular weight excluding hydrogens is 528 g/mol. The maximum Gasteiger partial charge on any atom is 0.450 e. The Labute approximate surface area is 211 Å². The van der Waals surface area contributed by atoms with Crippen LogP contribution in [-0.4, -0.2) is 5.97 Å². The van der Waals surface area contributed by atoms with Crippen LogP contribution in [-0.2, 0) is 11.0 Å². The summed E-state index contributed by atoms with van der Waals surface area (Å²) in [7, 11) is 0. The minimum Gasteiger partial charge on any atom is -0.450 e. The lowest BCUT2D eigenvalue weighted by atomic mass is 10.0. The number of halogens is 6. The molecule has 178 valence electrons. The molecule has 0 unspecified atom stereocenters. The Balaban J connectivity index is 1.71. The van der Waals surface area contributed by atoms with E-state index in [1.165, 1.54) is 48.5 Å². The molecule has 0 atom stereocenters. The second kappa shape index (κ2) is 9.77. The van der Waals surface area contributed by atoms with Crippen molar-refractivity contribution in [1.82, 2.24) is 0 Å². The van der Waals surface area contributed by atoms with Crippen molar-refractivity contribution < 1.29 is 27.1 Å². The van der Waals surface area contributed by atoms with Crippen LogP contribution in [0.4, 0.5) is 13.2 Å². The predicted octanol–water partition coefficient (Wildman–Crippen LogP) is 8.06. The van der Waals surface area contributed by atoms with Crippen LogP contribution in [0.2, 0.25) is 15.1 Å². The van der Waals surface area contributed by atoms with Gasteiger partial charge >= 0.3 is 12.1 Å². The zero-order valence-corrected chi connectivity index (χ0v) is 19.6. The monoisotopic (exact) mass is 538 g/mol. The summed E-state index contributed by atoms with van der Waals surface area (Å²) in [6, 6.07) is 13.9. The number of rotatable bonds is 4. The average Bonchev–Trinajstić information content (AvgIpc) is 2.80. The first-order valence-corrected chi connectivity index (χ1v) is 11.0. The van der Waals surface area contributed by atoms with E-state index in [2.05, 4.69) is 0 Å². The Bertz CT molecular complexity index is 1540. The summed E-state index contributed by atoms with van der Waals surface area (Å²) >= 11 is 17.8. The third-order valence-electron chi connectivity index (χ3n) is 4.84. The number of alkyl halides is 3. The number of carbonyl (C=O) groups is 1. The highest BCUT2D eigenvalue weighted by Gasteiger charge is 2.39. The highest BCUT2D eigenvalue weighted by Crippen LogP contribution is 2.39. The summed E-state index contributed by atoms with van der Waals surface area (Å²) in [4.78, 5) is 25.2. The van der Waals surface area contributed by atoms with Crippen LogP contribution in [0.1, 0.15) is 11.3 Å². The van der Waals surface area contributed by atoms with E-state index in [0.29, 0.717) is 15.6 Å². The molecule has 0 N–H and O–H groups in total. The minimum absolute atomic E-state index is 0.0380. The summed E-state index contributed by atoms with van der Waals surface area (Å²) in [5, 5.41) is 0.464. The lowest BCUT2D eigenvalue weighted by Gasteiger charge is -2.14. The molecule has 0 fully saturated rings. The second-order valence-corrected chi connectivity index (χ2v) is 8.42. The first kappa shape index (κ1) is 24.9. The molecule has 0 saturated heterocycles. The molecule has 4 aromatic rings. The zero-order chi connectivity index (χ0) is 25.3. The van der Waals surface area contributed by atoms with Crippen molar-refractivity contribution in [2.45, 2.75) is 6.18 Å². The van der Waals surface area contributed by atoms with Gasteiger partial charge in [0.15, 0.2) is 0 Å². The molecule has 1 heterocycles. The van der Waals surface area contributed by atoms with Gasteiger partial charge in [-0.05, 0) is 42.0 Å². The summed E-state index contributed by atoms with van der Waals surface area (Å²) in [5.41, 5.74) is -1.58. The maximum atomic E-state index is 13.8. The van der Waals surface area contributed by atoms with E-state index in [9.17, 15) is 22.8 Å². The molecule has 0 radical (unpaired) electrons. The lowest BCUT2D eigenvalue weighted by molar-refractivity contribution is -0.152. The van der Waals surface area contributed by atoms with Crippen LogP contribution in [0.5, 0.6) is 5.75 Å². The number of hydrogen-bond acceptors (Lipinski definition) is 4. The normalized spacial score (nSPS) is 11.8. The molecule has 35 heavy (non-hydrogen) atoms. The van der Waals surface area contributed by atoms with Crippen LogP contribution in [0, 0.1) is 0 Å². The first-order chi connectivity index (χ1) is 16.5. The number of esters is 1. The quantitative estimate of drug-likeness (QED) is 0.150. The van der Waals surface area contributed by atoms with Gasteiger partial charge in [0.05, 0.1) is 21.0 Å². The fourth-order valence-electron chi connectivity index (χ4n) is 3.28. The summed E-state index contributed by atoms with van der Waals surface area (Å²) in [5.74, 6) is -2.45. The van der Waals surface area contributed by atoms with Gasteiger partial charge in [0, 0.05) is 22.7 Å². The summed E-state index contributed by atoms with van der Waals surface area (Å²) in [6.45, 7) is 0. The number of carbonyl (C=O) groups excluding carboxylic acids is 1. The van der Waals surface area contributed by atoms with E-state index in [4.69, 9.17) is 44.0 Å². The van der Waals surface area contributed by atoms with Crippen molar-refractivity contribution in [1.29, 1.82) is 0 Å². The Kier molecular flexibility index (Phi) is 6.94. The van der Waals surface area contributed by atoms with Gasteiger partial charge in [0.25, 0.3) is 0 Å². The number of benzene rings is 3. The zero-order valence-electron chi connectivity index (χ0n) is 17.3. The van der Waals surface area contributed by atoms with E-state index in [-0.39, 0.29) is 21.7 Å². The topological polar surface area (TPSA) is 56.5 Å². The van der Waals surface area contributed by atoms with E-state index >= 15 is 0 Å². The average molecular weight is 540 g/mol. The standard InChI is InChI=1S/C25H12Cl3F3O4/c26-17-4-2-1-3-15(17)22-23(33)16-8-7-14(12-20(16)35-24(22)25(29,30)31)34-21(32)10-6-13-5-9-18(27)19(28)11-13/h1-12H/b10-6+. The lowest BCUT2D eigenvalue weighted by Crippen LogP contribution is -2.16. The predicted molar refractivity (Wildman–Crippen MR) is 129 cm³/mol. The molecule has 0 spiro atoms. The third kappa shape index (κ3) is 5.37. The van der Waals surface area contributed by atoms with E-state index < -0.39 is 34.5 Å². The number of hydrogen-bond donors (Lipinski definition) is 0. The van der Waals surface area contributed by atoms with Gasteiger partial charge in [-0.15, -0.1) is 0 Å². The SMILES string of the molecule is O=C(/C=C/c1ccc(Cl)c(Cl)c1)Oc1ccc2c(=O)c(-c3ccccc3Cl)c(C(F)(F)F)oc2c1. The molecule has 3 aromatic carbocycles. The first-order valence-electron chi connectivity index (χ1n) is 9.82. The van der Waals surface area contributed by atoms with Crippen molar-refractivity contribution >= 4 is 57.8 Å². The van der Waals surface area contributed by atoms with Crippen LogP contribution in [0.3, 0.4) is 0 Å². The van der Waals surface area contributed by atoms with E-state index in [1.807, 2.05) is 0 Å². The van der Waals surface area contributed by atoms with Crippen LogP contribution < -0.4 is 10.2 Å². The largest absolute Gasteiger partial charge is 0.450 e. The molecule has 0 amide bonds. The smallest absolute Gasteiger partial charge is 0.450 e. The fraction of sp³-hybridized carbons (Fsp3) is 0.0400. The minimum atomic E-state index is -4.99. The molecule has 4 nitrogen and oxygen atoms in total.